The number of anilines is 1. The van der Waals surface area contributed by atoms with Gasteiger partial charge in [-0.2, -0.15) is 5.10 Å². The third-order valence-corrected chi connectivity index (χ3v) is 4.82. The van der Waals surface area contributed by atoms with E-state index in [0.29, 0.717) is 17.0 Å². The molecule has 7 nitrogen and oxygen atoms in total. The zero-order valence-electron chi connectivity index (χ0n) is 16.3. The van der Waals surface area contributed by atoms with E-state index in [9.17, 15) is 4.79 Å². The Hall–Kier alpha value is -3.52. The van der Waals surface area contributed by atoms with Gasteiger partial charge in [-0.15, -0.1) is 0 Å². The van der Waals surface area contributed by atoms with E-state index in [1.54, 1.807) is 17.9 Å². The summed E-state index contributed by atoms with van der Waals surface area (Å²) in [4.78, 5) is 22.5. The molecular weight excluding hydrogens is 446 g/mol. The van der Waals surface area contributed by atoms with Crippen molar-refractivity contribution < 1.29 is 9.53 Å². The lowest BCUT2D eigenvalue weighted by Gasteiger charge is -2.12. The summed E-state index contributed by atoms with van der Waals surface area (Å²) >= 11 is 3.11. The first-order chi connectivity index (χ1) is 14.6. The summed E-state index contributed by atoms with van der Waals surface area (Å²) in [7, 11) is 3.43. The maximum absolute atomic E-state index is 12.1. The number of amides is 1. The van der Waals surface area contributed by atoms with Gasteiger partial charge in [-0.25, -0.2) is 9.97 Å². The highest BCUT2D eigenvalue weighted by atomic mass is 79.9. The van der Waals surface area contributed by atoms with Gasteiger partial charge in [0.15, 0.2) is 0 Å². The maximum Gasteiger partial charge on any atom is 0.248 e. The van der Waals surface area contributed by atoms with E-state index in [2.05, 4.69) is 36.3 Å². The molecule has 0 aliphatic rings. The van der Waals surface area contributed by atoms with Gasteiger partial charge in [-0.1, -0.05) is 46.3 Å². The molecule has 0 saturated heterocycles. The van der Waals surface area contributed by atoms with Crippen LogP contribution in [0.2, 0.25) is 0 Å². The Balaban J connectivity index is 1.92. The molecule has 4 rings (SSSR count). The van der Waals surface area contributed by atoms with Crippen LogP contribution in [0.1, 0.15) is 0 Å². The number of methoxy groups -OCH3 is 1. The van der Waals surface area contributed by atoms with Gasteiger partial charge in [0, 0.05) is 41.9 Å². The quantitative estimate of drug-likeness (QED) is 0.438. The predicted octanol–water partition coefficient (Wildman–Crippen LogP) is 4.55. The van der Waals surface area contributed by atoms with E-state index < -0.39 is 0 Å². The lowest BCUT2D eigenvalue weighted by molar-refractivity contribution is -0.111. The van der Waals surface area contributed by atoms with Gasteiger partial charge in [-0.05, 0) is 11.1 Å². The van der Waals surface area contributed by atoms with Crippen molar-refractivity contribution in [2.24, 2.45) is 7.05 Å². The zero-order chi connectivity index (χ0) is 21.1. The van der Waals surface area contributed by atoms with Crippen LogP contribution < -0.4 is 10.1 Å². The number of hydrogen-bond donors (Lipinski definition) is 1. The predicted molar refractivity (Wildman–Crippen MR) is 120 cm³/mol. The first-order valence-corrected chi connectivity index (χ1v) is 10.0. The molecule has 0 atom stereocenters. The van der Waals surface area contributed by atoms with Crippen LogP contribution in [0.4, 0.5) is 5.69 Å². The highest BCUT2D eigenvalue weighted by Crippen LogP contribution is 2.37. The minimum Gasteiger partial charge on any atom is -0.494 e. The van der Waals surface area contributed by atoms with Crippen LogP contribution >= 0.6 is 15.9 Å². The van der Waals surface area contributed by atoms with Crippen LogP contribution in [0.5, 0.6) is 5.75 Å². The van der Waals surface area contributed by atoms with Crippen molar-refractivity contribution in [1.82, 2.24) is 19.7 Å². The zero-order valence-corrected chi connectivity index (χ0v) is 17.9. The monoisotopic (exact) mass is 463 g/mol. The van der Waals surface area contributed by atoms with Gasteiger partial charge in [0.25, 0.3) is 0 Å². The lowest BCUT2D eigenvalue weighted by atomic mass is 10.0. The molecule has 0 bridgehead atoms. The number of carbonyl (C=O) groups is 1. The van der Waals surface area contributed by atoms with Crippen molar-refractivity contribution in [1.29, 1.82) is 0 Å². The van der Waals surface area contributed by atoms with E-state index >= 15 is 0 Å². The fourth-order valence-corrected chi connectivity index (χ4v) is 3.51. The number of nitrogens with zero attached hydrogens (tertiary/aromatic N) is 4. The lowest BCUT2D eigenvalue weighted by Crippen LogP contribution is -2.09. The second-order valence-corrected chi connectivity index (χ2v) is 7.03. The summed E-state index contributed by atoms with van der Waals surface area (Å²) < 4.78 is 7.21. The normalized spacial score (nSPS) is 11.2. The van der Waals surface area contributed by atoms with E-state index in [1.807, 2.05) is 49.6 Å². The Morgan fingerprint density at radius 2 is 1.97 bits per heavy atom. The minimum atomic E-state index is -0.283. The van der Waals surface area contributed by atoms with Gasteiger partial charge in [0.2, 0.25) is 5.91 Å². The second-order valence-electron chi connectivity index (χ2n) is 6.50. The van der Waals surface area contributed by atoms with Crippen LogP contribution in [0.15, 0.2) is 66.1 Å². The van der Waals surface area contributed by atoms with Crippen LogP contribution in [0, 0.1) is 0 Å². The Morgan fingerprint density at radius 3 is 2.70 bits per heavy atom. The number of rotatable bonds is 5. The van der Waals surface area contributed by atoms with E-state index in [4.69, 9.17) is 4.74 Å². The number of carbonyl (C=O) groups excluding carboxylic acids is 1. The molecule has 0 aliphatic carbocycles. The van der Waals surface area contributed by atoms with Crippen molar-refractivity contribution >= 4 is 38.4 Å². The number of fused-ring (bicyclic) bond motifs is 1. The maximum atomic E-state index is 12.1. The molecule has 2 aromatic heterocycles. The summed E-state index contributed by atoms with van der Waals surface area (Å²) in [6, 6.07) is 13.5. The Kier molecular flexibility index (Phi) is 5.58. The molecule has 30 heavy (non-hydrogen) atoms. The summed E-state index contributed by atoms with van der Waals surface area (Å²) in [6.45, 7) is 0. The second kappa shape index (κ2) is 8.46. The van der Waals surface area contributed by atoms with Crippen molar-refractivity contribution in [3.8, 4) is 28.3 Å². The minimum absolute atomic E-state index is 0.283. The highest BCUT2D eigenvalue weighted by Gasteiger charge is 2.18. The molecule has 0 saturated carbocycles. The number of halogens is 1. The fourth-order valence-electron chi connectivity index (χ4n) is 3.27. The summed E-state index contributed by atoms with van der Waals surface area (Å²) in [5.41, 5.74) is 4.64. The van der Waals surface area contributed by atoms with Crippen molar-refractivity contribution in [3.05, 3.63) is 66.1 Å². The number of hydrogen-bond acceptors (Lipinski definition) is 5. The first-order valence-electron chi connectivity index (χ1n) is 9.10. The number of aryl methyl sites for hydroxylation is 1. The molecule has 0 fully saturated rings. The molecule has 1 N–H and O–H groups in total. The van der Waals surface area contributed by atoms with Gasteiger partial charge in [0.05, 0.1) is 24.0 Å². The standard InChI is InChI=1S/C22H18BrN5O2/c1-28-12-16(21(27-28)14-6-4-3-5-7-14)22-15-10-18(26-20(29)8-9-23)19(30-2)11-17(15)24-13-25-22/h3-13H,1-2H3,(H,26,29). The summed E-state index contributed by atoms with van der Waals surface area (Å²) in [6.07, 6.45) is 4.82. The number of nitrogens with one attached hydrogen (secondary N) is 1. The average molecular weight is 464 g/mol. The number of ether oxygens (including phenoxy) is 1. The van der Waals surface area contributed by atoms with Gasteiger partial charge >= 0.3 is 0 Å². The van der Waals surface area contributed by atoms with Crippen LogP contribution in [-0.4, -0.2) is 32.8 Å². The Bertz CT molecular complexity index is 1250. The molecule has 0 radical (unpaired) electrons. The van der Waals surface area contributed by atoms with Gasteiger partial charge < -0.3 is 10.1 Å². The molecule has 1 amide bonds. The molecule has 2 aromatic carbocycles. The Morgan fingerprint density at radius 1 is 1.17 bits per heavy atom. The fraction of sp³-hybridized carbons (Fsp3) is 0.0909. The molecule has 0 unspecified atom stereocenters. The van der Waals surface area contributed by atoms with Gasteiger partial charge in [-0.3, -0.25) is 9.48 Å². The molecular formula is C22H18BrN5O2. The smallest absolute Gasteiger partial charge is 0.248 e. The molecule has 4 aromatic rings. The molecule has 2 heterocycles. The van der Waals surface area contributed by atoms with Crippen LogP contribution in [-0.2, 0) is 11.8 Å². The summed E-state index contributed by atoms with van der Waals surface area (Å²) in [5, 5.41) is 8.25. The Labute approximate surface area is 181 Å². The molecule has 150 valence electrons. The molecule has 0 spiro atoms. The third kappa shape index (κ3) is 3.81. The summed E-state index contributed by atoms with van der Waals surface area (Å²) in [5.74, 6) is 0.229. The third-order valence-electron chi connectivity index (χ3n) is 4.56. The van der Waals surface area contributed by atoms with E-state index in [-0.39, 0.29) is 5.91 Å². The van der Waals surface area contributed by atoms with Crippen molar-refractivity contribution in [2.75, 3.05) is 12.4 Å². The van der Waals surface area contributed by atoms with Crippen molar-refractivity contribution in [3.63, 3.8) is 0 Å². The van der Waals surface area contributed by atoms with E-state index in [1.165, 1.54) is 17.4 Å². The first kappa shape index (κ1) is 19.8. The van der Waals surface area contributed by atoms with Crippen LogP contribution in [0.3, 0.4) is 0 Å². The van der Waals surface area contributed by atoms with Crippen LogP contribution in [0.25, 0.3) is 33.4 Å². The largest absolute Gasteiger partial charge is 0.494 e. The topological polar surface area (TPSA) is 81.9 Å². The highest BCUT2D eigenvalue weighted by molar-refractivity contribution is 9.11. The van der Waals surface area contributed by atoms with Crippen molar-refractivity contribution in [2.45, 2.75) is 0 Å². The average Bonchev–Trinajstić information content (AvgIpc) is 3.15. The number of benzene rings is 2. The SMILES string of the molecule is COc1cc2ncnc(-c3cn(C)nc3-c3ccccc3)c2cc1NC(=O)C=CBr. The number of aromatic nitrogens is 4. The molecule has 0 aliphatic heterocycles. The van der Waals surface area contributed by atoms with Gasteiger partial charge in [0.1, 0.15) is 17.8 Å². The molecule has 8 heteroatoms. The van der Waals surface area contributed by atoms with E-state index in [0.717, 1.165) is 27.9 Å².